The number of hydrogen-bond donors (Lipinski definition) is 1. The van der Waals surface area contributed by atoms with E-state index in [1.165, 1.54) is 0 Å². The third kappa shape index (κ3) is 3.28. The molecule has 1 saturated heterocycles. The predicted molar refractivity (Wildman–Crippen MR) is 91.4 cm³/mol. The molecule has 3 rings (SSSR count). The van der Waals surface area contributed by atoms with Gasteiger partial charge in [-0.1, -0.05) is 6.07 Å². The number of rotatable bonds is 4. The van der Waals surface area contributed by atoms with Gasteiger partial charge in [0.05, 0.1) is 18.8 Å². The van der Waals surface area contributed by atoms with Crippen LogP contribution < -0.4 is 10.2 Å². The van der Waals surface area contributed by atoms with Crippen LogP contribution in [0.4, 0.5) is 5.82 Å². The molecule has 6 heteroatoms. The van der Waals surface area contributed by atoms with Crippen molar-refractivity contribution >= 4 is 11.7 Å². The van der Waals surface area contributed by atoms with Crippen molar-refractivity contribution in [3.8, 4) is 0 Å². The van der Waals surface area contributed by atoms with Crippen LogP contribution in [0.5, 0.6) is 0 Å². The highest BCUT2D eigenvalue weighted by molar-refractivity contribution is 5.96. The third-order valence-corrected chi connectivity index (χ3v) is 4.41. The quantitative estimate of drug-likeness (QED) is 0.933. The number of morpholine rings is 1. The van der Waals surface area contributed by atoms with E-state index in [1.54, 1.807) is 6.20 Å². The first-order valence-electron chi connectivity index (χ1n) is 8.19. The number of aryl methyl sites for hydroxylation is 2. The van der Waals surface area contributed by atoms with Gasteiger partial charge in [0.25, 0.3) is 5.91 Å². The molecule has 24 heavy (non-hydrogen) atoms. The van der Waals surface area contributed by atoms with Gasteiger partial charge in [-0.3, -0.25) is 4.79 Å². The topological polar surface area (TPSA) is 67.6 Å². The Balaban J connectivity index is 1.74. The van der Waals surface area contributed by atoms with Crippen LogP contribution in [0.25, 0.3) is 0 Å². The maximum absolute atomic E-state index is 12.5. The molecule has 0 bridgehead atoms. The molecule has 3 heterocycles. The molecular weight excluding hydrogens is 306 g/mol. The van der Waals surface area contributed by atoms with Crippen LogP contribution in [-0.4, -0.2) is 37.2 Å². The molecule has 2 aromatic rings. The molecule has 128 valence electrons. The molecule has 0 atom stereocenters. The Morgan fingerprint density at radius 2 is 2.00 bits per heavy atom. The van der Waals surface area contributed by atoms with Gasteiger partial charge in [0.15, 0.2) is 0 Å². The highest BCUT2D eigenvalue weighted by Crippen LogP contribution is 2.22. The van der Waals surface area contributed by atoms with Crippen molar-refractivity contribution in [1.82, 2.24) is 10.3 Å². The lowest BCUT2D eigenvalue weighted by atomic mass is 10.1. The van der Waals surface area contributed by atoms with E-state index in [-0.39, 0.29) is 5.91 Å². The minimum absolute atomic E-state index is 0.112. The summed E-state index contributed by atoms with van der Waals surface area (Å²) in [6, 6.07) is 3.89. The summed E-state index contributed by atoms with van der Waals surface area (Å²) in [5.74, 6) is 2.24. The first-order chi connectivity index (χ1) is 11.6. The Labute approximate surface area is 141 Å². The van der Waals surface area contributed by atoms with Gasteiger partial charge in [0.1, 0.15) is 17.3 Å². The number of anilines is 1. The highest BCUT2D eigenvalue weighted by atomic mass is 16.5. The fourth-order valence-corrected chi connectivity index (χ4v) is 3.02. The summed E-state index contributed by atoms with van der Waals surface area (Å²) >= 11 is 0. The van der Waals surface area contributed by atoms with Crippen LogP contribution in [0.1, 0.15) is 33.0 Å². The van der Waals surface area contributed by atoms with Crippen molar-refractivity contribution in [2.75, 3.05) is 31.2 Å². The number of furan rings is 1. The first-order valence-corrected chi connectivity index (χ1v) is 8.19. The second kappa shape index (κ2) is 7.05. The number of aromatic nitrogens is 1. The number of carbonyl (C=O) groups excluding carboxylic acids is 1. The Morgan fingerprint density at radius 1 is 1.25 bits per heavy atom. The Morgan fingerprint density at radius 3 is 2.67 bits per heavy atom. The van der Waals surface area contributed by atoms with Crippen molar-refractivity contribution < 1.29 is 13.9 Å². The molecule has 2 aromatic heterocycles. The summed E-state index contributed by atoms with van der Waals surface area (Å²) in [4.78, 5) is 19.2. The fourth-order valence-electron chi connectivity index (χ4n) is 3.02. The summed E-state index contributed by atoms with van der Waals surface area (Å²) in [6.45, 7) is 9.07. The monoisotopic (exact) mass is 329 g/mol. The van der Waals surface area contributed by atoms with Gasteiger partial charge in [0, 0.05) is 37.0 Å². The van der Waals surface area contributed by atoms with Crippen LogP contribution >= 0.6 is 0 Å². The van der Waals surface area contributed by atoms with E-state index in [4.69, 9.17) is 9.15 Å². The number of hydrogen-bond acceptors (Lipinski definition) is 5. The second-order valence-corrected chi connectivity index (χ2v) is 5.98. The SMILES string of the molecule is Cc1oc(C)c(C(=O)NCc2cccnc2N2CCOCC2)c1C. The highest BCUT2D eigenvalue weighted by Gasteiger charge is 2.20. The van der Waals surface area contributed by atoms with Gasteiger partial charge in [-0.05, 0) is 26.8 Å². The predicted octanol–water partition coefficient (Wildman–Crippen LogP) is 2.37. The van der Waals surface area contributed by atoms with Crippen molar-refractivity contribution in [1.29, 1.82) is 0 Å². The summed E-state index contributed by atoms with van der Waals surface area (Å²) in [5, 5.41) is 2.99. The molecule has 0 spiro atoms. The largest absolute Gasteiger partial charge is 0.466 e. The van der Waals surface area contributed by atoms with Crippen LogP contribution in [0.3, 0.4) is 0 Å². The number of nitrogens with one attached hydrogen (secondary N) is 1. The van der Waals surface area contributed by atoms with Gasteiger partial charge in [-0.15, -0.1) is 0 Å². The van der Waals surface area contributed by atoms with E-state index in [0.29, 0.717) is 31.1 Å². The molecule has 6 nitrogen and oxygen atoms in total. The molecule has 1 fully saturated rings. The Bertz CT molecular complexity index is 733. The number of carbonyl (C=O) groups is 1. The van der Waals surface area contributed by atoms with Gasteiger partial charge >= 0.3 is 0 Å². The molecule has 1 aliphatic heterocycles. The van der Waals surface area contributed by atoms with E-state index in [9.17, 15) is 4.79 Å². The zero-order valence-corrected chi connectivity index (χ0v) is 14.4. The van der Waals surface area contributed by atoms with Crippen LogP contribution in [-0.2, 0) is 11.3 Å². The van der Waals surface area contributed by atoms with Crippen LogP contribution in [0, 0.1) is 20.8 Å². The zero-order valence-electron chi connectivity index (χ0n) is 14.4. The maximum Gasteiger partial charge on any atom is 0.255 e. The lowest BCUT2D eigenvalue weighted by Crippen LogP contribution is -2.37. The van der Waals surface area contributed by atoms with E-state index < -0.39 is 0 Å². The number of amides is 1. The maximum atomic E-state index is 12.5. The average molecular weight is 329 g/mol. The molecule has 0 saturated carbocycles. The molecular formula is C18H23N3O3. The Hall–Kier alpha value is -2.34. The summed E-state index contributed by atoms with van der Waals surface area (Å²) in [6.07, 6.45) is 1.78. The minimum Gasteiger partial charge on any atom is -0.466 e. The molecule has 1 aliphatic rings. The van der Waals surface area contributed by atoms with Crippen molar-refractivity contribution in [2.24, 2.45) is 0 Å². The Kier molecular flexibility index (Phi) is 4.85. The second-order valence-electron chi connectivity index (χ2n) is 5.98. The van der Waals surface area contributed by atoms with Crippen LogP contribution in [0.2, 0.25) is 0 Å². The van der Waals surface area contributed by atoms with E-state index in [1.807, 2.05) is 32.9 Å². The summed E-state index contributed by atoms with van der Waals surface area (Å²) in [5.41, 5.74) is 2.53. The number of pyridine rings is 1. The van der Waals surface area contributed by atoms with Gasteiger partial charge in [-0.25, -0.2) is 4.98 Å². The summed E-state index contributed by atoms with van der Waals surface area (Å²) in [7, 11) is 0. The molecule has 1 amide bonds. The molecule has 0 aliphatic carbocycles. The molecule has 0 aromatic carbocycles. The lowest BCUT2D eigenvalue weighted by molar-refractivity contribution is 0.0948. The van der Waals surface area contributed by atoms with Crippen molar-refractivity contribution in [3.05, 3.63) is 46.5 Å². The molecule has 0 unspecified atom stereocenters. The minimum atomic E-state index is -0.112. The van der Waals surface area contributed by atoms with E-state index in [2.05, 4.69) is 15.2 Å². The fraction of sp³-hybridized carbons (Fsp3) is 0.444. The number of ether oxygens (including phenoxy) is 1. The zero-order chi connectivity index (χ0) is 17.1. The van der Waals surface area contributed by atoms with Crippen molar-refractivity contribution in [2.45, 2.75) is 27.3 Å². The van der Waals surface area contributed by atoms with E-state index >= 15 is 0 Å². The smallest absolute Gasteiger partial charge is 0.255 e. The number of nitrogens with zero attached hydrogens (tertiary/aromatic N) is 2. The average Bonchev–Trinajstić information content (AvgIpc) is 2.86. The standard InChI is InChI=1S/C18H23N3O3/c1-12-13(2)24-14(3)16(12)18(22)20-11-15-5-4-6-19-17(15)21-7-9-23-10-8-21/h4-6H,7-11H2,1-3H3,(H,20,22). The van der Waals surface area contributed by atoms with Crippen LogP contribution in [0.15, 0.2) is 22.7 Å². The normalized spacial score (nSPS) is 14.7. The van der Waals surface area contributed by atoms with Gasteiger partial charge in [0.2, 0.25) is 0 Å². The first kappa shape index (κ1) is 16.5. The summed E-state index contributed by atoms with van der Waals surface area (Å²) < 4.78 is 10.9. The molecule has 1 N–H and O–H groups in total. The van der Waals surface area contributed by atoms with Gasteiger partial charge in [-0.2, -0.15) is 0 Å². The van der Waals surface area contributed by atoms with E-state index in [0.717, 1.165) is 35.8 Å². The third-order valence-electron chi connectivity index (χ3n) is 4.41. The van der Waals surface area contributed by atoms with Crippen molar-refractivity contribution in [3.63, 3.8) is 0 Å². The lowest BCUT2D eigenvalue weighted by Gasteiger charge is -2.29. The van der Waals surface area contributed by atoms with Gasteiger partial charge < -0.3 is 19.4 Å². The molecule has 0 radical (unpaired) electrons.